The van der Waals surface area contributed by atoms with Gasteiger partial charge in [-0.2, -0.15) is 17.0 Å². The Hall–Kier alpha value is -1.39. The van der Waals surface area contributed by atoms with Crippen molar-refractivity contribution >= 4 is 22.2 Å². The van der Waals surface area contributed by atoms with E-state index < -0.39 is 16.3 Å². The van der Waals surface area contributed by atoms with Crippen molar-refractivity contribution in [3.63, 3.8) is 0 Å². The molecular weight excluding hydrogens is 372 g/mol. The minimum atomic E-state index is -3.64. The summed E-state index contributed by atoms with van der Waals surface area (Å²) in [5.74, 6) is -0.389. The third-order valence-corrected chi connectivity index (χ3v) is 7.18. The summed E-state index contributed by atoms with van der Waals surface area (Å²) in [4.78, 5) is 25.7. The fraction of sp³-hybridized carbons (Fsp3) is 0.882. The van der Waals surface area contributed by atoms with Crippen LogP contribution in [0.15, 0.2) is 0 Å². The molecule has 27 heavy (non-hydrogen) atoms. The van der Waals surface area contributed by atoms with Crippen molar-refractivity contribution < 1.29 is 22.7 Å². The lowest BCUT2D eigenvalue weighted by Gasteiger charge is -2.38. The van der Waals surface area contributed by atoms with Crippen LogP contribution in [-0.4, -0.2) is 85.8 Å². The lowest BCUT2D eigenvalue weighted by molar-refractivity contribution is -0.126. The molecule has 0 aromatic carbocycles. The minimum absolute atomic E-state index is 0.0728. The van der Waals surface area contributed by atoms with Crippen LogP contribution in [-0.2, 0) is 19.7 Å². The normalized spacial score (nSPS) is 23.7. The van der Waals surface area contributed by atoms with Gasteiger partial charge < -0.3 is 15.0 Å². The second-order valence-corrected chi connectivity index (χ2v) is 9.04. The van der Waals surface area contributed by atoms with Gasteiger partial charge in [0.05, 0.1) is 12.5 Å². The molecule has 0 bridgehead atoms. The Kier molecular flexibility index (Phi) is 7.87. The number of piperazine rings is 1. The Morgan fingerprint density at radius 3 is 2.37 bits per heavy atom. The van der Waals surface area contributed by atoms with Crippen LogP contribution < -0.4 is 5.32 Å². The van der Waals surface area contributed by atoms with Crippen LogP contribution in [0.3, 0.4) is 0 Å². The van der Waals surface area contributed by atoms with Crippen LogP contribution >= 0.6 is 0 Å². The van der Waals surface area contributed by atoms with Crippen molar-refractivity contribution in [3.05, 3.63) is 0 Å². The summed E-state index contributed by atoms with van der Waals surface area (Å²) in [5.41, 5.74) is 0. The van der Waals surface area contributed by atoms with Crippen molar-refractivity contribution in [2.24, 2.45) is 5.92 Å². The lowest BCUT2D eigenvalue weighted by Crippen LogP contribution is -2.56. The molecule has 2 fully saturated rings. The maximum Gasteiger partial charge on any atom is 0.409 e. The number of ether oxygens (including phenoxy) is 1. The molecule has 0 aromatic heterocycles. The zero-order valence-electron chi connectivity index (χ0n) is 16.5. The Balaban J connectivity index is 1.94. The highest BCUT2D eigenvalue weighted by Gasteiger charge is 2.37. The molecule has 0 unspecified atom stereocenters. The van der Waals surface area contributed by atoms with Crippen LogP contribution in [0.4, 0.5) is 4.79 Å². The molecule has 10 heteroatoms. The molecule has 0 saturated carbocycles. The first-order valence-corrected chi connectivity index (χ1v) is 11.2. The smallest absolute Gasteiger partial charge is 0.409 e. The first-order chi connectivity index (χ1) is 12.8. The van der Waals surface area contributed by atoms with Crippen molar-refractivity contribution in [2.75, 3.05) is 45.9 Å². The third-order valence-electron chi connectivity index (χ3n) is 5.17. The van der Waals surface area contributed by atoms with Gasteiger partial charge in [-0.1, -0.05) is 6.92 Å². The topological polar surface area (TPSA) is 99.3 Å². The van der Waals surface area contributed by atoms with Crippen LogP contribution in [0.5, 0.6) is 0 Å². The molecule has 0 aromatic rings. The molecule has 2 aliphatic rings. The largest absolute Gasteiger partial charge is 0.450 e. The quantitative estimate of drug-likeness (QED) is 0.700. The summed E-state index contributed by atoms with van der Waals surface area (Å²) in [5, 5.41) is 2.95. The maximum atomic E-state index is 13.0. The van der Waals surface area contributed by atoms with Gasteiger partial charge in [0.2, 0.25) is 5.91 Å². The molecule has 2 atom stereocenters. The van der Waals surface area contributed by atoms with Gasteiger partial charge in [-0.3, -0.25) is 4.79 Å². The van der Waals surface area contributed by atoms with Crippen LogP contribution in [0.25, 0.3) is 0 Å². The predicted molar refractivity (Wildman–Crippen MR) is 101 cm³/mol. The zero-order chi connectivity index (χ0) is 20.0. The van der Waals surface area contributed by atoms with Gasteiger partial charge in [0, 0.05) is 45.3 Å². The van der Waals surface area contributed by atoms with E-state index in [9.17, 15) is 18.0 Å². The summed E-state index contributed by atoms with van der Waals surface area (Å²) in [6.07, 6.45) is 1.80. The molecular formula is C17H32N4O5S. The summed E-state index contributed by atoms with van der Waals surface area (Å²) < 4.78 is 33.7. The van der Waals surface area contributed by atoms with Crippen molar-refractivity contribution in [3.8, 4) is 0 Å². The van der Waals surface area contributed by atoms with E-state index >= 15 is 0 Å². The highest BCUT2D eigenvalue weighted by Crippen LogP contribution is 2.22. The Bertz CT molecular complexity index is 619. The lowest BCUT2D eigenvalue weighted by atomic mass is 9.98. The molecule has 156 valence electrons. The number of hydrogen-bond acceptors (Lipinski definition) is 5. The molecule has 2 saturated heterocycles. The van der Waals surface area contributed by atoms with Gasteiger partial charge in [-0.15, -0.1) is 0 Å². The zero-order valence-corrected chi connectivity index (χ0v) is 17.3. The van der Waals surface area contributed by atoms with Gasteiger partial charge in [-0.05, 0) is 33.1 Å². The Labute approximate surface area is 162 Å². The second kappa shape index (κ2) is 9.70. The molecule has 0 aliphatic carbocycles. The molecule has 2 heterocycles. The van der Waals surface area contributed by atoms with Crippen LogP contribution in [0, 0.1) is 5.92 Å². The SMILES string of the molecule is CCOC(=O)N1CCN(S(=O)(=O)N2CCC[C@H](C(=O)N[C@H](C)CC)C2)CC1. The molecule has 0 radical (unpaired) electrons. The van der Waals surface area contributed by atoms with Gasteiger partial charge in [0.25, 0.3) is 10.2 Å². The van der Waals surface area contributed by atoms with Crippen molar-refractivity contribution in [2.45, 2.75) is 46.1 Å². The van der Waals surface area contributed by atoms with E-state index in [1.54, 1.807) is 6.92 Å². The Morgan fingerprint density at radius 1 is 1.11 bits per heavy atom. The predicted octanol–water partition coefficient (Wildman–Crippen LogP) is 0.632. The summed E-state index contributed by atoms with van der Waals surface area (Å²) >= 11 is 0. The fourth-order valence-corrected chi connectivity index (χ4v) is 4.99. The number of nitrogens with one attached hydrogen (secondary N) is 1. The van der Waals surface area contributed by atoms with Gasteiger partial charge >= 0.3 is 6.09 Å². The molecule has 9 nitrogen and oxygen atoms in total. The Morgan fingerprint density at radius 2 is 1.78 bits per heavy atom. The highest BCUT2D eigenvalue weighted by molar-refractivity contribution is 7.86. The van der Waals surface area contributed by atoms with Crippen molar-refractivity contribution in [1.82, 2.24) is 18.8 Å². The highest BCUT2D eigenvalue weighted by atomic mass is 32.2. The average Bonchev–Trinajstić information content (AvgIpc) is 2.68. The van der Waals surface area contributed by atoms with E-state index in [1.165, 1.54) is 13.5 Å². The first kappa shape index (κ1) is 21.9. The maximum absolute atomic E-state index is 13.0. The number of rotatable bonds is 6. The summed E-state index contributed by atoms with van der Waals surface area (Å²) in [7, 11) is -3.64. The monoisotopic (exact) mass is 404 g/mol. The van der Waals surface area contributed by atoms with E-state index in [0.29, 0.717) is 39.1 Å². The average molecular weight is 405 g/mol. The second-order valence-electron chi connectivity index (χ2n) is 7.11. The van der Waals surface area contributed by atoms with E-state index in [2.05, 4.69) is 5.32 Å². The van der Waals surface area contributed by atoms with Gasteiger partial charge in [-0.25, -0.2) is 4.79 Å². The van der Waals surface area contributed by atoms with E-state index in [4.69, 9.17) is 4.74 Å². The molecule has 2 rings (SSSR count). The number of nitrogens with zero attached hydrogens (tertiary/aromatic N) is 3. The number of amides is 2. The first-order valence-electron chi connectivity index (χ1n) is 9.76. The number of carbonyl (C=O) groups excluding carboxylic acids is 2. The fourth-order valence-electron chi connectivity index (χ4n) is 3.31. The minimum Gasteiger partial charge on any atom is -0.450 e. The number of piperidine rings is 1. The molecule has 0 spiro atoms. The van der Waals surface area contributed by atoms with Crippen LogP contribution in [0.2, 0.25) is 0 Å². The van der Waals surface area contributed by atoms with Crippen molar-refractivity contribution in [1.29, 1.82) is 0 Å². The summed E-state index contributed by atoms with van der Waals surface area (Å²) in [6, 6.07) is 0.0837. The van der Waals surface area contributed by atoms with E-state index in [0.717, 1.165) is 6.42 Å². The molecule has 2 amide bonds. The van der Waals surface area contributed by atoms with Crippen LogP contribution in [0.1, 0.15) is 40.0 Å². The van der Waals surface area contributed by atoms with E-state index in [-0.39, 0.29) is 37.5 Å². The van der Waals surface area contributed by atoms with E-state index in [1.807, 2.05) is 13.8 Å². The molecule has 1 N–H and O–H groups in total. The number of hydrogen-bond donors (Lipinski definition) is 1. The summed E-state index contributed by atoms with van der Waals surface area (Å²) in [6.45, 7) is 7.71. The standard InChI is InChI=1S/C17H32N4O5S/c1-4-14(3)18-16(22)15-7-6-8-21(13-15)27(24,25)20-11-9-19(10-12-20)17(23)26-5-2/h14-15H,4-13H2,1-3H3,(H,18,22)/t14-,15+/m1/s1. The number of carbonyl (C=O) groups is 2. The van der Waals surface area contributed by atoms with Gasteiger partial charge in [0.15, 0.2) is 0 Å². The molecule has 2 aliphatic heterocycles. The third kappa shape index (κ3) is 5.55. The van der Waals surface area contributed by atoms with Gasteiger partial charge in [0.1, 0.15) is 0 Å².